The number of benzene rings is 9. The number of rotatable bonds is 9. The third-order valence-corrected chi connectivity index (χ3v) is 17.3. The SMILES string of the molecule is Cc1ccc2c(c1)c1cc(C)ccc1n2-c1cc(-c2ccc([Si](c3ccccc3)(c3ccccc3)c3ccccc3)cc2)cc(-c2nc(-c3ccccc3)nc(-c3ccccc3)n2)c1. The predicted molar refractivity (Wildman–Crippen MR) is 269 cm³/mol. The average molecular weight is 837 g/mol. The summed E-state index contributed by atoms with van der Waals surface area (Å²) < 4.78 is 2.40. The fourth-order valence-corrected chi connectivity index (χ4v) is 14.2. The first-order valence-corrected chi connectivity index (χ1v) is 23.8. The second-order valence-corrected chi connectivity index (χ2v) is 20.4. The molecule has 64 heavy (non-hydrogen) atoms. The molecule has 0 atom stereocenters. The number of nitrogens with zero attached hydrogens (tertiary/aromatic N) is 4. The van der Waals surface area contributed by atoms with Gasteiger partial charge in [0.1, 0.15) is 0 Å². The van der Waals surface area contributed by atoms with E-state index < -0.39 is 8.07 Å². The van der Waals surface area contributed by atoms with Crippen molar-refractivity contribution in [2.45, 2.75) is 13.8 Å². The summed E-state index contributed by atoms with van der Waals surface area (Å²) in [4.78, 5) is 15.5. The smallest absolute Gasteiger partial charge is 0.179 e. The summed E-state index contributed by atoms with van der Waals surface area (Å²) in [6.07, 6.45) is 0. The molecular weight excluding hydrogens is 793 g/mol. The van der Waals surface area contributed by atoms with E-state index in [1.807, 2.05) is 36.4 Å². The van der Waals surface area contributed by atoms with Crippen molar-refractivity contribution in [1.82, 2.24) is 19.5 Å². The van der Waals surface area contributed by atoms with Crippen LogP contribution in [0, 0.1) is 13.8 Å². The minimum absolute atomic E-state index is 0.614. The predicted octanol–water partition coefficient (Wildman–Crippen LogP) is 11.6. The zero-order valence-electron chi connectivity index (χ0n) is 35.7. The van der Waals surface area contributed by atoms with Crippen molar-refractivity contribution in [2.24, 2.45) is 0 Å². The van der Waals surface area contributed by atoms with E-state index in [4.69, 9.17) is 15.0 Å². The molecule has 4 nitrogen and oxygen atoms in total. The van der Waals surface area contributed by atoms with Gasteiger partial charge in [-0.25, -0.2) is 15.0 Å². The number of hydrogen-bond donors (Lipinski definition) is 0. The highest BCUT2D eigenvalue weighted by atomic mass is 28.3. The molecule has 2 heterocycles. The standard InChI is InChI=1S/C59H44N4Si/c1-41-28-34-55-53(36-41)54-37-42(2)29-35-56(54)63(55)48-39-46(38-47(40-48)59-61-57(44-18-8-3-9-19-44)60-58(62-59)45-20-10-4-11-21-45)43-30-32-52(33-31-43)64(49-22-12-5-13-23-49,50-24-14-6-15-25-50)51-26-16-7-17-27-51/h3-40H,1-2H3. The Morgan fingerprint density at radius 3 is 1.12 bits per heavy atom. The molecule has 11 aromatic rings. The second-order valence-electron chi connectivity index (χ2n) is 16.6. The molecule has 0 amide bonds. The van der Waals surface area contributed by atoms with Crippen LogP contribution in [0.5, 0.6) is 0 Å². The van der Waals surface area contributed by atoms with Crippen molar-refractivity contribution >= 4 is 50.6 Å². The molecule has 2 aromatic heterocycles. The third kappa shape index (κ3) is 6.93. The molecule has 304 valence electrons. The van der Waals surface area contributed by atoms with Gasteiger partial charge in [-0.1, -0.05) is 199 Å². The lowest BCUT2D eigenvalue weighted by atomic mass is 10.0. The van der Waals surface area contributed by atoms with Crippen molar-refractivity contribution in [1.29, 1.82) is 0 Å². The Kier molecular flexibility index (Phi) is 9.95. The highest BCUT2D eigenvalue weighted by Crippen LogP contribution is 2.37. The highest BCUT2D eigenvalue weighted by Gasteiger charge is 2.41. The van der Waals surface area contributed by atoms with Gasteiger partial charge in [0.25, 0.3) is 0 Å². The van der Waals surface area contributed by atoms with Gasteiger partial charge in [0.05, 0.1) is 11.0 Å². The Balaban J connectivity index is 1.16. The van der Waals surface area contributed by atoms with Crippen LogP contribution in [0.15, 0.2) is 231 Å². The number of aryl methyl sites for hydroxylation is 2. The molecule has 0 bridgehead atoms. The quantitative estimate of drug-likeness (QED) is 0.107. The van der Waals surface area contributed by atoms with Crippen LogP contribution in [-0.2, 0) is 0 Å². The zero-order valence-corrected chi connectivity index (χ0v) is 36.7. The summed E-state index contributed by atoms with van der Waals surface area (Å²) in [5.41, 5.74) is 10.8. The third-order valence-electron chi connectivity index (χ3n) is 12.5. The van der Waals surface area contributed by atoms with Gasteiger partial charge in [-0.3, -0.25) is 0 Å². The van der Waals surface area contributed by atoms with Crippen LogP contribution in [0.4, 0.5) is 0 Å². The molecule has 0 saturated heterocycles. The average Bonchev–Trinajstić information content (AvgIpc) is 3.68. The first kappa shape index (κ1) is 38.9. The van der Waals surface area contributed by atoms with Crippen LogP contribution >= 0.6 is 0 Å². The number of fused-ring (bicyclic) bond motifs is 3. The van der Waals surface area contributed by atoms with Crippen molar-refractivity contribution in [3.8, 4) is 51.0 Å². The molecule has 0 unspecified atom stereocenters. The number of aromatic nitrogens is 4. The largest absolute Gasteiger partial charge is 0.309 e. The maximum Gasteiger partial charge on any atom is 0.179 e. The topological polar surface area (TPSA) is 43.6 Å². The fraction of sp³-hybridized carbons (Fsp3) is 0.0339. The molecule has 0 aliphatic heterocycles. The zero-order chi connectivity index (χ0) is 43.0. The lowest BCUT2D eigenvalue weighted by molar-refractivity contribution is 1.07. The lowest BCUT2D eigenvalue weighted by Crippen LogP contribution is -2.74. The number of hydrogen-bond acceptors (Lipinski definition) is 3. The van der Waals surface area contributed by atoms with E-state index in [1.165, 1.54) is 42.6 Å². The Bertz CT molecular complexity index is 3210. The summed E-state index contributed by atoms with van der Waals surface area (Å²) in [5.74, 6) is 1.88. The Morgan fingerprint density at radius 2 is 0.688 bits per heavy atom. The molecular formula is C59H44N4Si. The molecule has 0 radical (unpaired) electrons. The maximum absolute atomic E-state index is 5.23. The van der Waals surface area contributed by atoms with Crippen LogP contribution in [-0.4, -0.2) is 27.6 Å². The van der Waals surface area contributed by atoms with E-state index >= 15 is 0 Å². The van der Waals surface area contributed by atoms with Gasteiger partial charge in [-0.05, 0) is 88.2 Å². The fourth-order valence-electron chi connectivity index (χ4n) is 9.48. The molecule has 0 aliphatic carbocycles. The van der Waals surface area contributed by atoms with Gasteiger partial charge in [0.2, 0.25) is 0 Å². The molecule has 0 spiro atoms. The van der Waals surface area contributed by atoms with E-state index in [0.717, 1.165) is 44.5 Å². The molecule has 0 aliphatic rings. The van der Waals surface area contributed by atoms with E-state index in [-0.39, 0.29) is 0 Å². The summed E-state index contributed by atoms with van der Waals surface area (Å²) in [6, 6.07) is 83.4. The van der Waals surface area contributed by atoms with Gasteiger partial charge < -0.3 is 4.57 Å². The van der Waals surface area contributed by atoms with Gasteiger partial charge in [0, 0.05) is 33.2 Å². The van der Waals surface area contributed by atoms with Crippen molar-refractivity contribution in [3.05, 3.63) is 242 Å². The van der Waals surface area contributed by atoms with Crippen LogP contribution in [0.2, 0.25) is 0 Å². The summed E-state index contributed by atoms with van der Waals surface area (Å²) in [6.45, 7) is 4.34. The van der Waals surface area contributed by atoms with Crippen molar-refractivity contribution in [2.75, 3.05) is 0 Å². The van der Waals surface area contributed by atoms with Crippen molar-refractivity contribution < 1.29 is 0 Å². The Morgan fingerprint density at radius 1 is 0.312 bits per heavy atom. The van der Waals surface area contributed by atoms with Crippen LogP contribution in [0.3, 0.4) is 0 Å². The van der Waals surface area contributed by atoms with E-state index in [9.17, 15) is 0 Å². The molecule has 0 saturated carbocycles. The lowest BCUT2D eigenvalue weighted by Gasteiger charge is -2.34. The summed E-state index contributed by atoms with van der Waals surface area (Å²) in [5, 5.41) is 7.83. The van der Waals surface area contributed by atoms with Gasteiger partial charge >= 0.3 is 0 Å². The maximum atomic E-state index is 5.23. The highest BCUT2D eigenvalue weighted by molar-refractivity contribution is 7.19. The molecule has 0 fully saturated rings. The molecule has 11 rings (SSSR count). The summed E-state index contributed by atoms with van der Waals surface area (Å²) in [7, 11) is -2.72. The molecule has 0 N–H and O–H groups in total. The Hall–Kier alpha value is -7.99. The van der Waals surface area contributed by atoms with Gasteiger partial charge in [-0.15, -0.1) is 0 Å². The van der Waals surface area contributed by atoms with E-state index in [0.29, 0.717) is 17.5 Å². The van der Waals surface area contributed by atoms with Crippen LogP contribution in [0.1, 0.15) is 11.1 Å². The minimum Gasteiger partial charge on any atom is -0.309 e. The van der Waals surface area contributed by atoms with Gasteiger partial charge in [-0.2, -0.15) is 0 Å². The monoisotopic (exact) mass is 836 g/mol. The minimum atomic E-state index is -2.72. The Labute approximate surface area is 374 Å². The van der Waals surface area contributed by atoms with Crippen LogP contribution in [0.25, 0.3) is 72.8 Å². The van der Waals surface area contributed by atoms with E-state index in [2.05, 4.69) is 213 Å². The second kappa shape index (κ2) is 16.4. The van der Waals surface area contributed by atoms with Crippen molar-refractivity contribution in [3.63, 3.8) is 0 Å². The summed E-state index contributed by atoms with van der Waals surface area (Å²) >= 11 is 0. The van der Waals surface area contributed by atoms with Crippen LogP contribution < -0.4 is 20.7 Å². The molecule has 5 heteroatoms. The first-order chi connectivity index (χ1) is 31.5. The first-order valence-electron chi connectivity index (χ1n) is 21.8. The van der Waals surface area contributed by atoms with E-state index in [1.54, 1.807) is 0 Å². The van der Waals surface area contributed by atoms with Gasteiger partial charge in [0.15, 0.2) is 25.5 Å². The normalized spacial score (nSPS) is 11.6. The molecule has 9 aromatic carbocycles.